The van der Waals surface area contributed by atoms with Crippen LogP contribution in [-0.4, -0.2) is 18.7 Å². The van der Waals surface area contributed by atoms with Crippen molar-refractivity contribution in [2.45, 2.75) is 27.2 Å². The Kier molecular flexibility index (Phi) is 3.79. The molecule has 0 spiro atoms. The highest BCUT2D eigenvalue weighted by Crippen LogP contribution is 2.17. The van der Waals surface area contributed by atoms with E-state index in [2.05, 4.69) is 5.32 Å². The average Bonchev–Trinajstić information content (AvgIpc) is 1.79. The van der Waals surface area contributed by atoms with Crippen LogP contribution in [0, 0.1) is 5.41 Å². The van der Waals surface area contributed by atoms with Crippen molar-refractivity contribution in [2.75, 3.05) is 6.54 Å². The van der Waals surface area contributed by atoms with Gasteiger partial charge in [0.25, 0.3) is 0 Å². The third-order valence-corrected chi connectivity index (χ3v) is 1.07. The molecule has 1 N–H and O–H groups in total. The second-order valence-electron chi connectivity index (χ2n) is 3.71. The molecule has 0 aliphatic heterocycles. The van der Waals surface area contributed by atoms with Crippen molar-refractivity contribution >= 4 is 12.2 Å². The van der Waals surface area contributed by atoms with Crippen LogP contribution in [0.1, 0.15) is 27.2 Å². The SMILES string of the molecule is CC(C)(C)CC(=O)NCC=O. The van der Waals surface area contributed by atoms with Crippen molar-refractivity contribution in [2.24, 2.45) is 5.41 Å². The lowest BCUT2D eigenvalue weighted by Gasteiger charge is -2.16. The van der Waals surface area contributed by atoms with E-state index in [1.807, 2.05) is 20.8 Å². The normalized spacial score (nSPS) is 10.8. The molecule has 0 unspecified atom stereocenters. The van der Waals surface area contributed by atoms with Crippen molar-refractivity contribution in [3.63, 3.8) is 0 Å². The lowest BCUT2D eigenvalue weighted by molar-refractivity contribution is -0.124. The van der Waals surface area contributed by atoms with Crippen molar-refractivity contribution in [3.05, 3.63) is 0 Å². The lowest BCUT2D eigenvalue weighted by Crippen LogP contribution is -2.28. The average molecular weight is 157 g/mol. The molecule has 0 saturated heterocycles. The van der Waals surface area contributed by atoms with Gasteiger partial charge in [0.2, 0.25) is 5.91 Å². The third kappa shape index (κ3) is 7.03. The lowest BCUT2D eigenvalue weighted by atomic mass is 9.92. The molecule has 0 aliphatic rings. The Morgan fingerprint density at radius 1 is 1.45 bits per heavy atom. The summed E-state index contributed by atoms with van der Waals surface area (Å²) in [4.78, 5) is 20.8. The van der Waals surface area contributed by atoms with E-state index in [1.54, 1.807) is 0 Å². The van der Waals surface area contributed by atoms with E-state index < -0.39 is 0 Å². The Morgan fingerprint density at radius 2 is 2.00 bits per heavy atom. The third-order valence-electron chi connectivity index (χ3n) is 1.07. The molecular formula is C8H15NO2. The van der Waals surface area contributed by atoms with Gasteiger partial charge in [-0.25, -0.2) is 0 Å². The Hall–Kier alpha value is -0.860. The van der Waals surface area contributed by atoms with E-state index >= 15 is 0 Å². The summed E-state index contributed by atoms with van der Waals surface area (Å²) in [6, 6.07) is 0. The molecule has 0 bridgehead atoms. The summed E-state index contributed by atoms with van der Waals surface area (Å²) in [6.07, 6.45) is 1.14. The second-order valence-corrected chi connectivity index (χ2v) is 3.71. The second kappa shape index (κ2) is 4.11. The number of carbonyl (C=O) groups is 2. The standard InChI is InChI=1S/C8H15NO2/c1-8(2,3)6-7(11)9-4-5-10/h5H,4,6H2,1-3H3,(H,9,11). The highest BCUT2D eigenvalue weighted by Gasteiger charge is 2.14. The van der Waals surface area contributed by atoms with Crippen LogP contribution < -0.4 is 5.32 Å². The van der Waals surface area contributed by atoms with Gasteiger partial charge in [0, 0.05) is 6.42 Å². The van der Waals surface area contributed by atoms with Crippen molar-refractivity contribution < 1.29 is 9.59 Å². The Balaban J connectivity index is 3.61. The molecule has 1 amide bonds. The summed E-state index contributed by atoms with van der Waals surface area (Å²) in [5.74, 6) is -0.0652. The van der Waals surface area contributed by atoms with E-state index in [-0.39, 0.29) is 17.9 Å². The monoisotopic (exact) mass is 157 g/mol. The van der Waals surface area contributed by atoms with Crippen LogP contribution in [0.2, 0.25) is 0 Å². The number of rotatable bonds is 3. The number of carbonyl (C=O) groups excluding carboxylic acids is 2. The highest BCUT2D eigenvalue weighted by molar-refractivity contribution is 5.78. The first kappa shape index (κ1) is 10.1. The fourth-order valence-electron chi connectivity index (χ4n) is 0.700. The molecule has 0 heterocycles. The number of aldehydes is 1. The summed E-state index contributed by atoms with van der Waals surface area (Å²) in [6.45, 7) is 6.06. The molecule has 0 rings (SSSR count). The van der Waals surface area contributed by atoms with Crippen molar-refractivity contribution in [3.8, 4) is 0 Å². The zero-order valence-electron chi connectivity index (χ0n) is 7.31. The highest BCUT2D eigenvalue weighted by atomic mass is 16.2. The predicted octanol–water partition coefficient (Wildman–Crippen LogP) is 0.738. The summed E-state index contributed by atoms with van der Waals surface area (Å²) in [5.41, 5.74) is -0.00698. The minimum atomic E-state index is -0.0652. The van der Waals surface area contributed by atoms with Gasteiger partial charge in [0.1, 0.15) is 6.29 Å². The maximum Gasteiger partial charge on any atom is 0.220 e. The number of hydrogen-bond donors (Lipinski definition) is 1. The van der Waals surface area contributed by atoms with Gasteiger partial charge in [-0.05, 0) is 5.41 Å². The summed E-state index contributed by atoms with van der Waals surface area (Å²) < 4.78 is 0. The van der Waals surface area contributed by atoms with E-state index in [0.29, 0.717) is 12.7 Å². The van der Waals surface area contributed by atoms with E-state index in [1.165, 1.54) is 0 Å². The molecule has 0 saturated carbocycles. The first-order valence-electron chi connectivity index (χ1n) is 3.66. The molecule has 0 aromatic heterocycles. The Bertz CT molecular complexity index is 147. The zero-order valence-corrected chi connectivity index (χ0v) is 7.31. The van der Waals surface area contributed by atoms with Crippen LogP contribution in [0.4, 0.5) is 0 Å². The van der Waals surface area contributed by atoms with Crippen LogP contribution in [0.3, 0.4) is 0 Å². The van der Waals surface area contributed by atoms with E-state index in [9.17, 15) is 9.59 Å². The number of nitrogens with one attached hydrogen (secondary N) is 1. The molecule has 0 atom stereocenters. The Morgan fingerprint density at radius 3 is 2.36 bits per heavy atom. The Labute approximate surface area is 67.2 Å². The van der Waals surface area contributed by atoms with Gasteiger partial charge in [-0.15, -0.1) is 0 Å². The quantitative estimate of drug-likeness (QED) is 0.614. The fraction of sp³-hybridized carbons (Fsp3) is 0.750. The molecule has 3 nitrogen and oxygen atoms in total. The largest absolute Gasteiger partial charge is 0.349 e. The van der Waals surface area contributed by atoms with Gasteiger partial charge in [0.15, 0.2) is 0 Å². The summed E-state index contributed by atoms with van der Waals surface area (Å²) in [5, 5.41) is 2.48. The predicted molar refractivity (Wildman–Crippen MR) is 43.1 cm³/mol. The smallest absolute Gasteiger partial charge is 0.220 e. The van der Waals surface area contributed by atoms with Gasteiger partial charge < -0.3 is 10.1 Å². The van der Waals surface area contributed by atoms with Gasteiger partial charge in [-0.3, -0.25) is 4.79 Å². The van der Waals surface area contributed by atoms with Gasteiger partial charge in [-0.2, -0.15) is 0 Å². The maximum atomic E-state index is 10.9. The van der Waals surface area contributed by atoms with Gasteiger partial charge in [0.05, 0.1) is 6.54 Å². The minimum absolute atomic E-state index is 0.00698. The first-order valence-corrected chi connectivity index (χ1v) is 3.66. The zero-order chi connectivity index (χ0) is 8.91. The van der Waals surface area contributed by atoms with E-state index in [4.69, 9.17) is 0 Å². The number of hydrogen-bond acceptors (Lipinski definition) is 2. The van der Waals surface area contributed by atoms with Crippen LogP contribution in [0.5, 0.6) is 0 Å². The fourth-order valence-corrected chi connectivity index (χ4v) is 0.700. The van der Waals surface area contributed by atoms with Gasteiger partial charge in [-0.1, -0.05) is 20.8 Å². The van der Waals surface area contributed by atoms with Gasteiger partial charge >= 0.3 is 0 Å². The van der Waals surface area contributed by atoms with Crippen molar-refractivity contribution in [1.82, 2.24) is 5.32 Å². The molecular weight excluding hydrogens is 142 g/mol. The molecule has 0 radical (unpaired) electrons. The molecule has 0 fully saturated rings. The van der Waals surface area contributed by atoms with Crippen molar-refractivity contribution in [1.29, 1.82) is 0 Å². The van der Waals surface area contributed by atoms with E-state index in [0.717, 1.165) is 0 Å². The maximum absolute atomic E-state index is 10.9. The van der Waals surface area contributed by atoms with Crippen LogP contribution in [0.15, 0.2) is 0 Å². The minimum Gasteiger partial charge on any atom is -0.349 e. The molecule has 0 aromatic carbocycles. The molecule has 0 aromatic rings. The molecule has 3 heteroatoms. The summed E-state index contributed by atoms with van der Waals surface area (Å²) in [7, 11) is 0. The van der Waals surface area contributed by atoms with Crippen LogP contribution >= 0.6 is 0 Å². The summed E-state index contributed by atoms with van der Waals surface area (Å²) >= 11 is 0. The topological polar surface area (TPSA) is 46.2 Å². The number of amides is 1. The molecule has 64 valence electrons. The molecule has 0 aliphatic carbocycles. The molecule has 11 heavy (non-hydrogen) atoms. The van der Waals surface area contributed by atoms with Crippen LogP contribution in [0.25, 0.3) is 0 Å². The first-order chi connectivity index (χ1) is 4.95. The van der Waals surface area contributed by atoms with Crippen LogP contribution in [-0.2, 0) is 9.59 Å².